The molecule has 1 aliphatic heterocycles. The summed E-state index contributed by atoms with van der Waals surface area (Å²) in [6.45, 7) is -1.69. The van der Waals surface area contributed by atoms with E-state index < -0.39 is 6.98 Å². The summed E-state index contributed by atoms with van der Waals surface area (Å²) in [5.74, 6) is 0.966. The summed E-state index contributed by atoms with van der Waals surface area (Å²) in [4.78, 5) is 4.57. The Bertz CT molecular complexity index is 1410. The van der Waals surface area contributed by atoms with Crippen LogP contribution in [0.15, 0.2) is 72.9 Å². The molecule has 4 heteroatoms. The van der Waals surface area contributed by atoms with Crippen molar-refractivity contribution in [2.24, 2.45) is 6.98 Å². The first kappa shape index (κ1) is 11.3. The topological polar surface area (TPSA) is 26.6 Å². The maximum absolute atomic E-state index is 8.27. The number of rotatable bonds is 1. The number of fused-ring (bicyclic) bond motifs is 7. The van der Waals surface area contributed by atoms with Crippen LogP contribution in [0.4, 0.5) is 0 Å². The maximum atomic E-state index is 8.27. The van der Waals surface area contributed by atoms with E-state index in [1.165, 1.54) is 4.57 Å². The highest BCUT2D eigenvalue weighted by Crippen LogP contribution is 2.36. The van der Waals surface area contributed by atoms with Gasteiger partial charge in [-0.2, -0.15) is 4.57 Å². The Morgan fingerprint density at radius 3 is 2.73 bits per heavy atom. The second-order valence-electron chi connectivity index (χ2n) is 6.60. The van der Waals surface area contributed by atoms with Crippen LogP contribution in [0.25, 0.3) is 39.1 Å². The monoisotopic (exact) mass is 340 g/mol. The number of aryl methyl sites for hydroxylation is 1. The van der Waals surface area contributed by atoms with Crippen LogP contribution < -0.4 is 4.57 Å². The molecule has 0 saturated carbocycles. The van der Waals surface area contributed by atoms with Crippen molar-refractivity contribution >= 4 is 22.1 Å². The van der Waals surface area contributed by atoms with Crippen LogP contribution in [-0.2, 0) is 13.5 Å². The molecule has 124 valence electrons. The lowest BCUT2D eigenvalue weighted by Gasteiger charge is -2.03. The van der Waals surface area contributed by atoms with Crippen LogP contribution in [0.2, 0.25) is 0 Å². The molecule has 0 spiro atoms. The van der Waals surface area contributed by atoms with Crippen molar-refractivity contribution in [1.29, 1.82) is 0 Å². The van der Waals surface area contributed by atoms with Gasteiger partial charge in [-0.05, 0) is 36.4 Å². The van der Waals surface area contributed by atoms with Crippen LogP contribution in [0.1, 0.15) is 9.81 Å². The van der Waals surface area contributed by atoms with Gasteiger partial charge in [-0.3, -0.25) is 4.98 Å². The first-order valence-corrected chi connectivity index (χ1v) is 8.63. The SMILES string of the molecule is [2H]C([2H])([2H])n1c2ccccc2c2c1n(-c1ccccc1)c1[n+]2Cc2ncccc2-1. The second-order valence-corrected chi connectivity index (χ2v) is 6.60. The Morgan fingerprint density at radius 1 is 1.00 bits per heavy atom. The minimum Gasteiger partial charge on any atom is -0.307 e. The van der Waals surface area contributed by atoms with Crippen LogP contribution in [0, 0.1) is 0 Å². The Hall–Kier alpha value is -3.40. The third-order valence-electron chi connectivity index (χ3n) is 5.23. The normalized spacial score (nSPS) is 14.8. The molecule has 26 heavy (non-hydrogen) atoms. The van der Waals surface area contributed by atoms with Crippen molar-refractivity contribution in [2.75, 3.05) is 0 Å². The Labute approximate surface area is 154 Å². The van der Waals surface area contributed by atoms with Gasteiger partial charge in [0.2, 0.25) is 5.52 Å². The van der Waals surface area contributed by atoms with Crippen LogP contribution >= 0.6 is 0 Å². The zero-order chi connectivity index (χ0) is 19.8. The maximum Gasteiger partial charge on any atom is 0.298 e. The first-order valence-electron chi connectivity index (χ1n) is 10.1. The number of nitrogens with zero attached hydrogens (tertiary/aromatic N) is 4. The van der Waals surface area contributed by atoms with Crippen LogP contribution in [0.3, 0.4) is 0 Å². The average molecular weight is 340 g/mol. The number of para-hydroxylation sites is 2. The summed E-state index contributed by atoms with van der Waals surface area (Å²) in [5, 5.41) is 0.933. The zero-order valence-corrected chi connectivity index (χ0v) is 13.9. The molecule has 0 amide bonds. The zero-order valence-electron chi connectivity index (χ0n) is 16.9. The number of aromatic nitrogens is 4. The van der Waals surface area contributed by atoms with Crippen molar-refractivity contribution in [3.63, 3.8) is 0 Å². The Balaban J connectivity index is 1.89. The molecule has 4 nitrogen and oxygen atoms in total. The smallest absolute Gasteiger partial charge is 0.298 e. The molecule has 0 aliphatic carbocycles. The molecule has 0 bridgehead atoms. The molecule has 0 N–H and O–H groups in total. The second kappa shape index (κ2) is 4.82. The van der Waals surface area contributed by atoms with Crippen LogP contribution in [0.5, 0.6) is 0 Å². The lowest BCUT2D eigenvalue weighted by atomic mass is 10.2. The molecule has 1 aliphatic rings. The van der Waals surface area contributed by atoms with E-state index in [0.29, 0.717) is 17.7 Å². The van der Waals surface area contributed by atoms with Gasteiger partial charge in [-0.15, -0.1) is 0 Å². The van der Waals surface area contributed by atoms with Gasteiger partial charge in [0.05, 0.1) is 22.2 Å². The van der Waals surface area contributed by atoms with Crippen molar-refractivity contribution in [3.8, 4) is 17.1 Å². The highest BCUT2D eigenvalue weighted by Gasteiger charge is 2.38. The van der Waals surface area contributed by atoms with E-state index >= 15 is 0 Å². The van der Waals surface area contributed by atoms with Gasteiger partial charge in [0.1, 0.15) is 12.2 Å². The Kier molecular flexibility index (Phi) is 2.09. The molecule has 3 aromatic heterocycles. The minimum absolute atomic E-state index is 0.622. The summed E-state index contributed by atoms with van der Waals surface area (Å²) >= 11 is 0. The summed E-state index contributed by atoms with van der Waals surface area (Å²) < 4.78 is 30.6. The van der Waals surface area contributed by atoms with Gasteiger partial charge in [0, 0.05) is 17.3 Å². The van der Waals surface area contributed by atoms with Crippen molar-refractivity contribution < 1.29 is 8.68 Å². The summed E-state index contributed by atoms with van der Waals surface area (Å²) in [6.07, 6.45) is 1.81. The fourth-order valence-electron chi connectivity index (χ4n) is 4.17. The van der Waals surface area contributed by atoms with Crippen molar-refractivity contribution in [3.05, 3.63) is 78.6 Å². The van der Waals surface area contributed by atoms with Gasteiger partial charge in [-0.25, -0.2) is 4.57 Å². The number of pyridine rings is 1. The van der Waals surface area contributed by atoms with Crippen LogP contribution in [-0.4, -0.2) is 14.1 Å². The van der Waals surface area contributed by atoms with E-state index in [-0.39, 0.29) is 0 Å². The van der Waals surface area contributed by atoms with Crippen molar-refractivity contribution in [1.82, 2.24) is 14.1 Å². The highest BCUT2D eigenvalue weighted by atomic mass is 15.3. The molecular formula is C22H17N4+. The van der Waals surface area contributed by atoms with Gasteiger partial charge in [0.15, 0.2) is 0 Å². The first-order chi connectivity index (χ1) is 14.1. The number of imidazole rings is 1. The molecule has 0 radical (unpaired) electrons. The van der Waals surface area contributed by atoms with Gasteiger partial charge < -0.3 is 4.57 Å². The molecule has 0 atom stereocenters. The number of hydrogen-bond donors (Lipinski definition) is 0. The summed E-state index contributed by atoms with van der Waals surface area (Å²) in [7, 11) is 0. The van der Waals surface area contributed by atoms with Gasteiger partial charge >= 0.3 is 0 Å². The van der Waals surface area contributed by atoms with Gasteiger partial charge in [0.25, 0.3) is 11.5 Å². The summed E-state index contributed by atoms with van der Waals surface area (Å²) in [6, 6.07) is 21.6. The standard InChI is InChI=1S/C22H17N4/c1-24-19-12-6-5-10-17(19)20-22(24)26(15-8-3-2-4-9-15)21-16-11-7-13-23-18(16)14-25(20)21/h2-13H,14H2,1H3/q+1/i1D3. The minimum atomic E-state index is -2.31. The molecular weight excluding hydrogens is 320 g/mol. The summed E-state index contributed by atoms with van der Waals surface area (Å²) in [5.41, 5.74) is 5.28. The molecule has 6 rings (SSSR count). The van der Waals surface area contributed by atoms with E-state index in [9.17, 15) is 0 Å². The Morgan fingerprint density at radius 2 is 1.85 bits per heavy atom. The molecule has 0 fully saturated rings. The predicted octanol–water partition coefficient (Wildman–Crippen LogP) is 3.83. The lowest BCUT2D eigenvalue weighted by Crippen LogP contribution is -2.31. The fraction of sp³-hybridized carbons (Fsp3) is 0.0909. The average Bonchev–Trinajstić information content (AvgIpc) is 3.34. The van der Waals surface area contributed by atoms with E-state index in [0.717, 1.165) is 33.7 Å². The quantitative estimate of drug-likeness (QED) is 0.418. The van der Waals surface area contributed by atoms with E-state index in [1.54, 1.807) is 6.20 Å². The predicted molar refractivity (Wildman–Crippen MR) is 102 cm³/mol. The highest BCUT2D eigenvalue weighted by molar-refractivity contribution is 6.04. The number of hydrogen-bond acceptors (Lipinski definition) is 1. The molecule has 5 aromatic rings. The van der Waals surface area contributed by atoms with E-state index in [2.05, 4.69) is 20.2 Å². The van der Waals surface area contributed by atoms with E-state index in [4.69, 9.17) is 4.11 Å². The lowest BCUT2D eigenvalue weighted by molar-refractivity contribution is -0.645. The van der Waals surface area contributed by atoms with E-state index in [1.807, 2.05) is 60.7 Å². The van der Waals surface area contributed by atoms with Crippen molar-refractivity contribution in [2.45, 2.75) is 6.54 Å². The third-order valence-corrected chi connectivity index (χ3v) is 5.23. The molecule has 4 heterocycles. The largest absolute Gasteiger partial charge is 0.307 e. The van der Waals surface area contributed by atoms with Gasteiger partial charge in [-0.1, -0.05) is 30.3 Å². The molecule has 0 saturated heterocycles. The molecule has 2 aromatic carbocycles. The molecule has 0 unspecified atom stereocenters. The number of benzene rings is 2. The third kappa shape index (κ3) is 1.59. The fourth-order valence-corrected chi connectivity index (χ4v) is 4.17.